The Bertz CT molecular complexity index is 685. The maximum absolute atomic E-state index is 12.2. The fraction of sp³-hybridized carbons (Fsp3) is 0.0714. The second-order valence-corrected chi connectivity index (χ2v) is 6.41. The molecule has 1 unspecified atom stereocenters. The van der Waals surface area contributed by atoms with Crippen molar-refractivity contribution in [1.82, 2.24) is 0 Å². The van der Waals surface area contributed by atoms with E-state index < -0.39 is 16.8 Å². The van der Waals surface area contributed by atoms with Crippen LogP contribution in [0.25, 0.3) is 0 Å². The molecule has 0 aliphatic heterocycles. The van der Waals surface area contributed by atoms with E-state index >= 15 is 0 Å². The first-order chi connectivity index (χ1) is 9.47. The van der Waals surface area contributed by atoms with Gasteiger partial charge < -0.3 is 10.2 Å². The van der Waals surface area contributed by atoms with Crippen molar-refractivity contribution in [3.05, 3.63) is 58.1 Å². The van der Waals surface area contributed by atoms with Gasteiger partial charge >= 0.3 is 5.97 Å². The number of carboxylic acid groups (broad SMARTS) is 1. The first-order valence-electron chi connectivity index (χ1n) is 5.66. The summed E-state index contributed by atoms with van der Waals surface area (Å²) >= 11 is 3.14. The van der Waals surface area contributed by atoms with Crippen LogP contribution >= 0.6 is 15.9 Å². The van der Waals surface area contributed by atoms with Crippen molar-refractivity contribution in [3.8, 4) is 5.75 Å². The number of phenolic OH excluding ortho intramolecular Hbond substituents is 1. The quantitative estimate of drug-likeness (QED) is 0.884. The molecule has 0 saturated heterocycles. The molecule has 0 aliphatic rings. The lowest BCUT2D eigenvalue weighted by Gasteiger charge is -2.06. The molecule has 104 valence electrons. The summed E-state index contributed by atoms with van der Waals surface area (Å²) < 4.78 is 12.7. The van der Waals surface area contributed by atoms with Crippen molar-refractivity contribution in [2.75, 3.05) is 0 Å². The largest absolute Gasteiger partial charge is 0.508 e. The van der Waals surface area contributed by atoms with E-state index in [0.29, 0.717) is 9.37 Å². The zero-order valence-corrected chi connectivity index (χ0v) is 12.6. The maximum atomic E-state index is 12.2. The number of hydrogen-bond acceptors (Lipinski definition) is 3. The SMILES string of the molecule is O=C(O)c1cc(S(=O)Cc2cccc(O)c2)ccc1Br. The summed E-state index contributed by atoms with van der Waals surface area (Å²) in [5.74, 6) is -0.746. The predicted molar refractivity (Wildman–Crippen MR) is 79.3 cm³/mol. The minimum atomic E-state index is -1.37. The van der Waals surface area contributed by atoms with Crippen LogP contribution < -0.4 is 0 Å². The Balaban J connectivity index is 2.26. The molecule has 2 aromatic carbocycles. The van der Waals surface area contributed by atoms with E-state index in [9.17, 15) is 14.1 Å². The van der Waals surface area contributed by atoms with Gasteiger partial charge in [0.2, 0.25) is 0 Å². The van der Waals surface area contributed by atoms with Crippen molar-refractivity contribution >= 4 is 32.7 Å². The summed E-state index contributed by atoms with van der Waals surface area (Å²) in [4.78, 5) is 11.5. The van der Waals surface area contributed by atoms with Gasteiger partial charge in [-0.1, -0.05) is 12.1 Å². The Morgan fingerprint density at radius 3 is 2.60 bits per heavy atom. The van der Waals surface area contributed by atoms with Crippen molar-refractivity contribution < 1.29 is 19.2 Å². The zero-order valence-electron chi connectivity index (χ0n) is 10.2. The highest BCUT2D eigenvalue weighted by Gasteiger charge is 2.12. The van der Waals surface area contributed by atoms with Crippen molar-refractivity contribution in [2.45, 2.75) is 10.6 Å². The second-order valence-electron chi connectivity index (χ2n) is 4.11. The lowest BCUT2D eigenvalue weighted by molar-refractivity contribution is 0.0695. The topological polar surface area (TPSA) is 74.6 Å². The molecule has 4 nitrogen and oxygen atoms in total. The van der Waals surface area contributed by atoms with Gasteiger partial charge in [0, 0.05) is 9.37 Å². The normalized spacial score (nSPS) is 12.1. The van der Waals surface area contributed by atoms with E-state index in [0.717, 1.165) is 5.56 Å². The van der Waals surface area contributed by atoms with Gasteiger partial charge in [-0.25, -0.2) is 4.79 Å². The number of halogens is 1. The molecule has 0 bridgehead atoms. The van der Waals surface area contributed by atoms with Crippen molar-refractivity contribution in [2.24, 2.45) is 0 Å². The van der Waals surface area contributed by atoms with Crippen LogP contribution in [0.2, 0.25) is 0 Å². The molecule has 0 heterocycles. The summed E-state index contributed by atoms with van der Waals surface area (Å²) in [6.07, 6.45) is 0. The van der Waals surface area contributed by atoms with Gasteiger partial charge in [-0.3, -0.25) is 4.21 Å². The highest BCUT2D eigenvalue weighted by Crippen LogP contribution is 2.22. The smallest absolute Gasteiger partial charge is 0.336 e. The molecule has 0 aromatic heterocycles. The van der Waals surface area contributed by atoms with Crippen LogP contribution in [0.3, 0.4) is 0 Å². The third kappa shape index (κ3) is 3.46. The van der Waals surface area contributed by atoms with Crippen LogP contribution in [-0.2, 0) is 16.6 Å². The van der Waals surface area contributed by atoms with Crippen LogP contribution in [-0.4, -0.2) is 20.4 Å². The van der Waals surface area contributed by atoms with E-state index in [1.54, 1.807) is 24.3 Å². The van der Waals surface area contributed by atoms with E-state index in [2.05, 4.69) is 15.9 Å². The Kier molecular flexibility index (Phi) is 4.57. The van der Waals surface area contributed by atoms with Gasteiger partial charge in [-0.2, -0.15) is 0 Å². The number of hydrogen-bond donors (Lipinski definition) is 2. The summed E-state index contributed by atoms with van der Waals surface area (Å²) in [6.45, 7) is 0. The summed E-state index contributed by atoms with van der Waals surface area (Å²) in [7, 11) is -1.37. The van der Waals surface area contributed by atoms with E-state index in [4.69, 9.17) is 5.11 Å². The zero-order chi connectivity index (χ0) is 14.7. The van der Waals surface area contributed by atoms with Gasteiger partial charge in [0.15, 0.2) is 0 Å². The van der Waals surface area contributed by atoms with E-state index in [-0.39, 0.29) is 17.1 Å². The van der Waals surface area contributed by atoms with Crippen LogP contribution in [0.15, 0.2) is 51.8 Å². The fourth-order valence-corrected chi connectivity index (χ4v) is 3.23. The monoisotopic (exact) mass is 354 g/mol. The third-order valence-corrected chi connectivity index (χ3v) is 4.71. The first kappa shape index (κ1) is 14.7. The molecule has 20 heavy (non-hydrogen) atoms. The average molecular weight is 355 g/mol. The predicted octanol–water partition coefficient (Wildman–Crippen LogP) is 3.16. The number of carboxylic acids is 1. The fourth-order valence-electron chi connectivity index (χ4n) is 1.69. The molecule has 0 saturated carbocycles. The van der Waals surface area contributed by atoms with Gasteiger partial charge in [0.1, 0.15) is 5.75 Å². The molecule has 6 heteroatoms. The van der Waals surface area contributed by atoms with Crippen LogP contribution in [0, 0.1) is 0 Å². The Morgan fingerprint density at radius 1 is 1.20 bits per heavy atom. The number of phenols is 1. The Labute approximate surface area is 126 Å². The summed E-state index contributed by atoms with van der Waals surface area (Å²) in [5, 5.41) is 18.4. The summed E-state index contributed by atoms with van der Waals surface area (Å²) in [6, 6.07) is 11.1. The van der Waals surface area contributed by atoms with Gasteiger partial charge in [0.25, 0.3) is 0 Å². The molecule has 1 atom stereocenters. The third-order valence-electron chi connectivity index (χ3n) is 2.64. The van der Waals surface area contributed by atoms with Crippen LogP contribution in [0.1, 0.15) is 15.9 Å². The molecular formula is C14H11BrO4S. The number of aromatic hydroxyl groups is 1. The molecule has 0 radical (unpaired) electrons. The molecule has 0 amide bonds. The van der Waals surface area contributed by atoms with Crippen molar-refractivity contribution in [3.63, 3.8) is 0 Å². The van der Waals surface area contributed by atoms with Gasteiger partial charge in [-0.15, -0.1) is 0 Å². The molecule has 2 N–H and O–H groups in total. The lowest BCUT2D eigenvalue weighted by Crippen LogP contribution is -2.02. The highest BCUT2D eigenvalue weighted by atomic mass is 79.9. The van der Waals surface area contributed by atoms with Gasteiger partial charge in [-0.05, 0) is 51.8 Å². The van der Waals surface area contributed by atoms with Crippen LogP contribution in [0.4, 0.5) is 0 Å². The van der Waals surface area contributed by atoms with E-state index in [1.165, 1.54) is 18.2 Å². The summed E-state index contributed by atoms with van der Waals surface area (Å²) in [5.41, 5.74) is 0.801. The maximum Gasteiger partial charge on any atom is 0.336 e. The highest BCUT2D eigenvalue weighted by molar-refractivity contribution is 9.10. The minimum absolute atomic E-state index is 0.0757. The molecule has 0 aliphatic carbocycles. The number of benzene rings is 2. The molecule has 0 fully saturated rings. The molecule has 2 rings (SSSR count). The standard InChI is InChI=1S/C14H11BrO4S/c15-13-5-4-11(7-12(13)14(17)18)20(19)8-9-2-1-3-10(16)6-9/h1-7,16H,8H2,(H,17,18). The van der Waals surface area contributed by atoms with Crippen LogP contribution in [0.5, 0.6) is 5.75 Å². The Morgan fingerprint density at radius 2 is 1.95 bits per heavy atom. The number of rotatable bonds is 4. The molecule has 0 spiro atoms. The molecule has 2 aromatic rings. The Hall–Kier alpha value is -1.66. The van der Waals surface area contributed by atoms with Gasteiger partial charge in [0.05, 0.1) is 22.1 Å². The average Bonchev–Trinajstić information content (AvgIpc) is 2.38. The van der Waals surface area contributed by atoms with Crippen molar-refractivity contribution in [1.29, 1.82) is 0 Å². The number of carbonyl (C=O) groups is 1. The lowest BCUT2D eigenvalue weighted by atomic mass is 10.2. The molecular weight excluding hydrogens is 344 g/mol. The minimum Gasteiger partial charge on any atom is -0.508 e. The number of aromatic carboxylic acids is 1. The van der Waals surface area contributed by atoms with E-state index in [1.807, 2.05) is 0 Å². The second kappa shape index (κ2) is 6.19. The first-order valence-corrected chi connectivity index (χ1v) is 7.77.